The van der Waals surface area contributed by atoms with E-state index < -0.39 is 0 Å². The number of likely N-dealkylation sites (N-methyl/N-ethyl adjacent to an activating group) is 1. The molecule has 0 heterocycles. The average molecular weight is 358 g/mol. The SMILES string of the molecule is CCN(CCOc1ccc(OC)cc1)CC(=O)Nc1ccccc1OC. The Kier molecular flexibility index (Phi) is 7.76. The first-order chi connectivity index (χ1) is 12.7. The van der Waals surface area contributed by atoms with Crippen molar-refractivity contribution in [2.45, 2.75) is 6.92 Å². The molecule has 6 heteroatoms. The van der Waals surface area contributed by atoms with E-state index in [0.717, 1.165) is 18.0 Å². The van der Waals surface area contributed by atoms with Crippen LogP contribution in [0.15, 0.2) is 48.5 Å². The lowest BCUT2D eigenvalue weighted by atomic mass is 10.3. The Hall–Kier alpha value is -2.73. The summed E-state index contributed by atoms with van der Waals surface area (Å²) in [5.41, 5.74) is 0.672. The Balaban J connectivity index is 1.79. The zero-order valence-electron chi connectivity index (χ0n) is 15.5. The fraction of sp³-hybridized carbons (Fsp3) is 0.350. The van der Waals surface area contributed by atoms with Gasteiger partial charge in [0, 0.05) is 6.54 Å². The Bertz CT molecular complexity index is 688. The molecule has 2 aromatic rings. The topological polar surface area (TPSA) is 60.0 Å². The van der Waals surface area contributed by atoms with E-state index in [1.165, 1.54) is 0 Å². The van der Waals surface area contributed by atoms with E-state index in [1.54, 1.807) is 14.2 Å². The zero-order valence-corrected chi connectivity index (χ0v) is 15.5. The van der Waals surface area contributed by atoms with Crippen LogP contribution in [0.2, 0.25) is 0 Å². The molecule has 0 aliphatic rings. The molecule has 0 aliphatic heterocycles. The van der Waals surface area contributed by atoms with Crippen LogP contribution in [0.4, 0.5) is 5.69 Å². The van der Waals surface area contributed by atoms with Gasteiger partial charge >= 0.3 is 0 Å². The molecule has 0 saturated heterocycles. The number of nitrogens with zero attached hydrogens (tertiary/aromatic N) is 1. The molecule has 26 heavy (non-hydrogen) atoms. The van der Waals surface area contributed by atoms with E-state index in [9.17, 15) is 4.79 Å². The second-order valence-corrected chi connectivity index (χ2v) is 5.64. The summed E-state index contributed by atoms with van der Waals surface area (Å²) in [5.74, 6) is 2.13. The maximum absolute atomic E-state index is 12.3. The molecule has 0 aromatic heterocycles. The number of methoxy groups -OCH3 is 2. The third-order valence-electron chi connectivity index (χ3n) is 3.93. The van der Waals surface area contributed by atoms with Crippen LogP contribution >= 0.6 is 0 Å². The Labute approximate surface area is 154 Å². The predicted molar refractivity (Wildman–Crippen MR) is 102 cm³/mol. The quantitative estimate of drug-likeness (QED) is 0.707. The van der Waals surface area contributed by atoms with Gasteiger partial charge in [0.2, 0.25) is 5.91 Å². The molecule has 2 aromatic carbocycles. The summed E-state index contributed by atoms with van der Waals surface area (Å²) in [6.07, 6.45) is 0. The highest BCUT2D eigenvalue weighted by Gasteiger charge is 2.11. The number of para-hydroxylation sites is 2. The second-order valence-electron chi connectivity index (χ2n) is 5.64. The van der Waals surface area contributed by atoms with Crippen molar-refractivity contribution < 1.29 is 19.0 Å². The normalized spacial score (nSPS) is 10.5. The van der Waals surface area contributed by atoms with Crippen molar-refractivity contribution in [1.29, 1.82) is 0 Å². The van der Waals surface area contributed by atoms with Gasteiger partial charge in [-0.15, -0.1) is 0 Å². The molecule has 0 spiro atoms. The van der Waals surface area contributed by atoms with Crippen molar-refractivity contribution in [1.82, 2.24) is 4.90 Å². The van der Waals surface area contributed by atoms with Crippen LogP contribution in [0.25, 0.3) is 0 Å². The van der Waals surface area contributed by atoms with Crippen LogP contribution < -0.4 is 19.5 Å². The first-order valence-corrected chi connectivity index (χ1v) is 8.58. The monoisotopic (exact) mass is 358 g/mol. The van der Waals surface area contributed by atoms with E-state index in [0.29, 0.717) is 31.1 Å². The number of anilines is 1. The number of benzene rings is 2. The third kappa shape index (κ3) is 5.97. The molecule has 0 radical (unpaired) electrons. The number of ether oxygens (including phenoxy) is 3. The fourth-order valence-electron chi connectivity index (χ4n) is 2.45. The van der Waals surface area contributed by atoms with Gasteiger partial charge < -0.3 is 19.5 Å². The minimum Gasteiger partial charge on any atom is -0.497 e. The zero-order chi connectivity index (χ0) is 18.8. The van der Waals surface area contributed by atoms with E-state index in [1.807, 2.05) is 60.4 Å². The maximum atomic E-state index is 12.3. The number of amides is 1. The van der Waals surface area contributed by atoms with Gasteiger partial charge in [-0.25, -0.2) is 0 Å². The van der Waals surface area contributed by atoms with Gasteiger partial charge in [0.1, 0.15) is 23.9 Å². The number of carbonyl (C=O) groups excluding carboxylic acids is 1. The number of carbonyl (C=O) groups is 1. The highest BCUT2D eigenvalue weighted by Crippen LogP contribution is 2.22. The van der Waals surface area contributed by atoms with Gasteiger partial charge in [0.05, 0.1) is 26.5 Å². The standard InChI is InChI=1S/C20H26N2O4/c1-4-22(13-14-26-17-11-9-16(24-2)10-12-17)15-20(23)21-18-7-5-6-8-19(18)25-3/h5-12H,4,13-15H2,1-3H3,(H,21,23). The molecule has 2 rings (SSSR count). The van der Waals surface area contributed by atoms with E-state index >= 15 is 0 Å². The van der Waals surface area contributed by atoms with Crippen molar-refractivity contribution >= 4 is 11.6 Å². The molecular formula is C20H26N2O4. The second kappa shape index (κ2) is 10.3. The molecular weight excluding hydrogens is 332 g/mol. The van der Waals surface area contributed by atoms with Gasteiger partial charge in [-0.2, -0.15) is 0 Å². The molecule has 1 amide bonds. The first kappa shape index (κ1) is 19.6. The smallest absolute Gasteiger partial charge is 0.238 e. The lowest BCUT2D eigenvalue weighted by Crippen LogP contribution is -2.36. The Morgan fingerprint density at radius 2 is 1.69 bits per heavy atom. The van der Waals surface area contributed by atoms with Crippen LogP contribution in [0, 0.1) is 0 Å². The van der Waals surface area contributed by atoms with E-state index in [-0.39, 0.29) is 5.91 Å². The summed E-state index contributed by atoms with van der Waals surface area (Å²) < 4.78 is 16.1. The third-order valence-corrected chi connectivity index (χ3v) is 3.93. The number of hydrogen-bond acceptors (Lipinski definition) is 5. The highest BCUT2D eigenvalue weighted by atomic mass is 16.5. The molecule has 0 unspecified atom stereocenters. The number of nitrogens with one attached hydrogen (secondary N) is 1. The van der Waals surface area contributed by atoms with Crippen LogP contribution in [0.1, 0.15) is 6.92 Å². The number of rotatable bonds is 10. The molecule has 6 nitrogen and oxygen atoms in total. The van der Waals surface area contributed by atoms with Crippen molar-refractivity contribution in [3.63, 3.8) is 0 Å². The summed E-state index contributed by atoms with van der Waals surface area (Å²) in [7, 11) is 3.21. The molecule has 0 atom stereocenters. The van der Waals surface area contributed by atoms with Crippen molar-refractivity contribution in [3.8, 4) is 17.2 Å². The summed E-state index contributed by atoms with van der Waals surface area (Å²) in [6.45, 7) is 4.22. The average Bonchev–Trinajstić information content (AvgIpc) is 2.68. The predicted octanol–water partition coefficient (Wildman–Crippen LogP) is 3.04. The lowest BCUT2D eigenvalue weighted by molar-refractivity contribution is -0.117. The van der Waals surface area contributed by atoms with Crippen LogP contribution in [0.3, 0.4) is 0 Å². The van der Waals surface area contributed by atoms with Crippen LogP contribution in [-0.2, 0) is 4.79 Å². The van der Waals surface area contributed by atoms with Crippen molar-refractivity contribution in [2.24, 2.45) is 0 Å². The largest absolute Gasteiger partial charge is 0.497 e. The van der Waals surface area contributed by atoms with Crippen molar-refractivity contribution in [2.75, 3.05) is 45.8 Å². The van der Waals surface area contributed by atoms with E-state index in [4.69, 9.17) is 14.2 Å². The van der Waals surface area contributed by atoms with Gasteiger partial charge in [-0.1, -0.05) is 19.1 Å². The van der Waals surface area contributed by atoms with E-state index in [2.05, 4.69) is 5.32 Å². The van der Waals surface area contributed by atoms with Gasteiger partial charge in [0.15, 0.2) is 0 Å². The highest BCUT2D eigenvalue weighted by molar-refractivity contribution is 5.93. The molecule has 0 saturated carbocycles. The summed E-state index contributed by atoms with van der Waals surface area (Å²) in [6, 6.07) is 14.8. The summed E-state index contributed by atoms with van der Waals surface area (Å²) in [5, 5.41) is 2.89. The summed E-state index contributed by atoms with van der Waals surface area (Å²) >= 11 is 0. The molecule has 0 bridgehead atoms. The Morgan fingerprint density at radius 3 is 2.35 bits per heavy atom. The Morgan fingerprint density at radius 1 is 1.00 bits per heavy atom. The van der Waals surface area contributed by atoms with Crippen molar-refractivity contribution in [3.05, 3.63) is 48.5 Å². The molecule has 140 valence electrons. The maximum Gasteiger partial charge on any atom is 0.238 e. The minimum absolute atomic E-state index is 0.0826. The fourth-order valence-corrected chi connectivity index (χ4v) is 2.45. The van der Waals surface area contributed by atoms with Gasteiger partial charge in [-0.05, 0) is 42.9 Å². The van der Waals surface area contributed by atoms with Gasteiger partial charge in [0.25, 0.3) is 0 Å². The minimum atomic E-state index is -0.0826. The van der Waals surface area contributed by atoms with Crippen LogP contribution in [-0.4, -0.2) is 51.3 Å². The molecule has 0 aliphatic carbocycles. The van der Waals surface area contributed by atoms with Crippen LogP contribution in [0.5, 0.6) is 17.2 Å². The molecule has 0 fully saturated rings. The lowest BCUT2D eigenvalue weighted by Gasteiger charge is -2.20. The summed E-state index contributed by atoms with van der Waals surface area (Å²) in [4.78, 5) is 14.3. The molecule has 1 N–H and O–H groups in total. The number of hydrogen-bond donors (Lipinski definition) is 1. The first-order valence-electron chi connectivity index (χ1n) is 8.58. The van der Waals surface area contributed by atoms with Gasteiger partial charge in [-0.3, -0.25) is 9.69 Å².